The number of aliphatic hydroxyl groups is 2. The van der Waals surface area contributed by atoms with Crippen LogP contribution in [0.5, 0.6) is 0 Å². The van der Waals surface area contributed by atoms with Gasteiger partial charge in [0, 0.05) is 25.6 Å². The second kappa shape index (κ2) is 12.6. The number of carbonyl (C=O) groups is 2. The van der Waals surface area contributed by atoms with E-state index in [9.17, 15) is 24.2 Å². The summed E-state index contributed by atoms with van der Waals surface area (Å²) in [6, 6.07) is 13.5. The first-order valence-electron chi connectivity index (χ1n) is 12.4. The van der Waals surface area contributed by atoms with Crippen LogP contribution in [0.1, 0.15) is 65.5 Å². The van der Waals surface area contributed by atoms with E-state index in [1.807, 2.05) is 45.0 Å². The Hall–Kier alpha value is -3.82. The average Bonchev–Trinajstić information content (AvgIpc) is 3.23. The van der Waals surface area contributed by atoms with E-state index in [4.69, 9.17) is 5.11 Å². The molecule has 2 atom stereocenters. The highest BCUT2D eigenvalue weighted by Gasteiger charge is 2.27. The highest BCUT2D eigenvalue weighted by Crippen LogP contribution is 2.29. The molecule has 3 aromatic rings. The molecule has 3 rings (SSSR count). The molecule has 0 saturated carbocycles. The quantitative estimate of drug-likeness (QED) is 0.345. The normalized spacial score (nSPS) is 13.2. The molecular weight excluding hydrogens is 489 g/mol. The Morgan fingerprint density at radius 1 is 1.11 bits per heavy atom. The van der Waals surface area contributed by atoms with Crippen LogP contribution in [-0.4, -0.2) is 61.1 Å². The van der Waals surface area contributed by atoms with Gasteiger partial charge in [-0.3, -0.25) is 9.59 Å². The van der Waals surface area contributed by atoms with Gasteiger partial charge in [0.15, 0.2) is 5.69 Å². The first kappa shape index (κ1) is 28.7. The van der Waals surface area contributed by atoms with E-state index in [1.54, 1.807) is 30.2 Å². The van der Waals surface area contributed by atoms with Crippen molar-refractivity contribution in [1.29, 1.82) is 0 Å². The molecule has 0 aliphatic rings. The number of amides is 1. The van der Waals surface area contributed by atoms with E-state index in [2.05, 4.69) is 5.10 Å². The van der Waals surface area contributed by atoms with Crippen molar-refractivity contribution in [2.45, 2.75) is 58.3 Å². The van der Waals surface area contributed by atoms with Crippen LogP contribution in [0.2, 0.25) is 0 Å². The fourth-order valence-electron chi connectivity index (χ4n) is 4.25. The topological polar surface area (TPSA) is 116 Å². The zero-order chi connectivity index (χ0) is 28.0. The van der Waals surface area contributed by atoms with Crippen LogP contribution >= 0.6 is 0 Å². The van der Waals surface area contributed by atoms with E-state index >= 15 is 0 Å². The number of benzene rings is 2. The van der Waals surface area contributed by atoms with Gasteiger partial charge in [-0.15, -0.1) is 0 Å². The van der Waals surface area contributed by atoms with Crippen LogP contribution in [0, 0.1) is 12.7 Å². The molecule has 8 nitrogen and oxygen atoms in total. The molecular formula is C29H34FN3O5. The Morgan fingerprint density at radius 2 is 1.76 bits per heavy atom. The van der Waals surface area contributed by atoms with Crippen LogP contribution in [0.4, 0.5) is 4.39 Å². The molecule has 3 N–H and O–H groups in total. The number of carboxylic acids is 1. The van der Waals surface area contributed by atoms with Gasteiger partial charge in [-0.25, -0.2) is 9.07 Å². The Bertz CT molecular complexity index is 1300. The summed E-state index contributed by atoms with van der Waals surface area (Å²) in [6.07, 6.45) is 0.0212. The monoisotopic (exact) mass is 523 g/mol. The molecule has 0 bridgehead atoms. The van der Waals surface area contributed by atoms with Crippen molar-refractivity contribution >= 4 is 18.0 Å². The van der Waals surface area contributed by atoms with Crippen LogP contribution < -0.4 is 0 Å². The van der Waals surface area contributed by atoms with Crippen LogP contribution in [0.15, 0.2) is 54.6 Å². The predicted octanol–water partition coefficient (Wildman–Crippen LogP) is 4.32. The molecule has 38 heavy (non-hydrogen) atoms. The first-order chi connectivity index (χ1) is 18.0. The van der Waals surface area contributed by atoms with Crippen molar-refractivity contribution in [3.8, 4) is 5.69 Å². The zero-order valence-corrected chi connectivity index (χ0v) is 22.0. The summed E-state index contributed by atoms with van der Waals surface area (Å²) in [5, 5.41) is 33.8. The molecule has 2 aromatic carbocycles. The van der Waals surface area contributed by atoms with Crippen molar-refractivity contribution < 1.29 is 29.3 Å². The van der Waals surface area contributed by atoms with Gasteiger partial charge < -0.3 is 20.2 Å². The highest BCUT2D eigenvalue weighted by atomic mass is 19.1. The minimum absolute atomic E-state index is 0.135. The number of aromatic nitrogens is 2. The van der Waals surface area contributed by atoms with Crippen molar-refractivity contribution in [3.63, 3.8) is 0 Å². The molecule has 0 aliphatic carbocycles. The number of hydrogen-bond acceptors (Lipinski definition) is 5. The first-order valence-corrected chi connectivity index (χ1v) is 12.4. The highest BCUT2D eigenvalue weighted by molar-refractivity contribution is 5.95. The number of aliphatic hydroxyl groups excluding tert-OH is 2. The lowest BCUT2D eigenvalue weighted by Gasteiger charge is -2.19. The van der Waals surface area contributed by atoms with E-state index in [-0.39, 0.29) is 23.9 Å². The molecule has 0 fully saturated rings. The number of aryl methyl sites for hydroxylation is 1. The lowest BCUT2D eigenvalue weighted by atomic mass is 9.98. The molecule has 0 saturated heterocycles. The smallest absolute Gasteiger partial charge is 0.305 e. The Kier molecular flexibility index (Phi) is 9.55. The number of rotatable bonds is 11. The maximum atomic E-state index is 13.7. The summed E-state index contributed by atoms with van der Waals surface area (Å²) >= 11 is 0. The van der Waals surface area contributed by atoms with Gasteiger partial charge in [-0.2, -0.15) is 5.10 Å². The van der Waals surface area contributed by atoms with Crippen molar-refractivity contribution in [2.75, 3.05) is 7.05 Å². The lowest BCUT2D eigenvalue weighted by Crippen LogP contribution is -2.28. The van der Waals surface area contributed by atoms with Gasteiger partial charge in [0.2, 0.25) is 0 Å². The Labute approximate surface area is 221 Å². The minimum Gasteiger partial charge on any atom is -0.481 e. The fourth-order valence-corrected chi connectivity index (χ4v) is 4.25. The number of halogens is 1. The minimum atomic E-state index is -1.22. The molecule has 1 heterocycles. The second-order valence-corrected chi connectivity index (χ2v) is 9.69. The molecule has 1 aromatic heterocycles. The van der Waals surface area contributed by atoms with Crippen molar-refractivity contribution in [1.82, 2.24) is 14.7 Å². The molecule has 202 valence electrons. The van der Waals surface area contributed by atoms with Gasteiger partial charge in [-0.05, 0) is 54.3 Å². The standard InChI is InChI=1S/C29H34FN3O5/c1-18(2)27-25(14-13-23(34)15-24(35)16-26(36)37)33(22-11-9-21(30)10-12-22)31-28(27)29(38)32(4)17-20-8-6-5-7-19(20)3/h5-14,18,23-24,34-35H,15-17H2,1-4H3,(H,36,37). The SMILES string of the molecule is Cc1ccccc1CN(C)C(=O)c1nn(-c2ccc(F)cc2)c(C=CC(O)CC(O)CC(=O)O)c1C(C)C. The van der Waals surface area contributed by atoms with E-state index in [0.29, 0.717) is 23.5 Å². The van der Waals surface area contributed by atoms with E-state index in [1.165, 1.54) is 22.9 Å². The number of nitrogens with zero attached hydrogens (tertiary/aromatic N) is 3. The molecule has 1 amide bonds. The molecule has 2 unspecified atom stereocenters. The zero-order valence-electron chi connectivity index (χ0n) is 22.0. The van der Waals surface area contributed by atoms with Gasteiger partial charge in [0.05, 0.1) is 30.0 Å². The van der Waals surface area contributed by atoms with Gasteiger partial charge >= 0.3 is 5.97 Å². The maximum Gasteiger partial charge on any atom is 0.305 e. The summed E-state index contributed by atoms with van der Waals surface area (Å²) in [4.78, 5) is 26.1. The van der Waals surface area contributed by atoms with Gasteiger partial charge in [-0.1, -0.05) is 44.2 Å². The summed E-state index contributed by atoms with van der Waals surface area (Å²) in [5.41, 5.74) is 4.00. The third-order valence-corrected chi connectivity index (χ3v) is 6.23. The number of carboxylic acid groups (broad SMARTS) is 1. The summed E-state index contributed by atoms with van der Waals surface area (Å²) in [7, 11) is 1.71. The molecule has 0 spiro atoms. The molecule has 0 radical (unpaired) electrons. The summed E-state index contributed by atoms with van der Waals surface area (Å²) < 4.78 is 15.2. The second-order valence-electron chi connectivity index (χ2n) is 9.69. The van der Waals surface area contributed by atoms with Crippen molar-refractivity contribution in [2.24, 2.45) is 0 Å². The fraction of sp³-hybridized carbons (Fsp3) is 0.345. The Morgan fingerprint density at radius 3 is 2.37 bits per heavy atom. The number of carbonyl (C=O) groups excluding carboxylic acids is 1. The van der Waals surface area contributed by atoms with Crippen LogP contribution in [0.3, 0.4) is 0 Å². The van der Waals surface area contributed by atoms with Crippen LogP contribution in [-0.2, 0) is 11.3 Å². The third-order valence-electron chi connectivity index (χ3n) is 6.23. The average molecular weight is 524 g/mol. The Balaban J connectivity index is 2.03. The predicted molar refractivity (Wildman–Crippen MR) is 143 cm³/mol. The largest absolute Gasteiger partial charge is 0.481 e. The molecule has 0 aliphatic heterocycles. The number of hydrogen-bond donors (Lipinski definition) is 3. The summed E-state index contributed by atoms with van der Waals surface area (Å²) in [5.74, 6) is -2.00. The van der Waals surface area contributed by atoms with E-state index < -0.39 is 30.4 Å². The lowest BCUT2D eigenvalue weighted by molar-refractivity contribution is -0.139. The summed E-state index contributed by atoms with van der Waals surface area (Å²) in [6.45, 7) is 6.22. The van der Waals surface area contributed by atoms with Gasteiger partial charge in [0.1, 0.15) is 5.82 Å². The van der Waals surface area contributed by atoms with Gasteiger partial charge in [0.25, 0.3) is 5.91 Å². The van der Waals surface area contributed by atoms with Crippen LogP contribution in [0.25, 0.3) is 11.8 Å². The van der Waals surface area contributed by atoms with E-state index in [0.717, 1.165) is 11.1 Å². The number of aliphatic carboxylic acids is 1. The molecule has 9 heteroatoms. The third kappa shape index (κ3) is 7.14. The van der Waals surface area contributed by atoms with Crippen molar-refractivity contribution in [3.05, 3.63) is 88.5 Å². The maximum absolute atomic E-state index is 13.7.